The van der Waals surface area contributed by atoms with Crippen LogP contribution in [0.15, 0.2) is 54.6 Å². The van der Waals surface area contributed by atoms with Gasteiger partial charge in [0.15, 0.2) is 0 Å². The minimum absolute atomic E-state index is 0.0398. The number of benzene rings is 2. The summed E-state index contributed by atoms with van der Waals surface area (Å²) in [6.07, 6.45) is 2.52. The zero-order valence-electron chi connectivity index (χ0n) is 10.4. The Morgan fingerprint density at radius 2 is 1.61 bits per heavy atom. The van der Waals surface area contributed by atoms with Gasteiger partial charge < -0.3 is 5.73 Å². The molecule has 0 heterocycles. The van der Waals surface area contributed by atoms with Gasteiger partial charge in [0.1, 0.15) is 5.82 Å². The van der Waals surface area contributed by atoms with Crippen molar-refractivity contribution < 1.29 is 4.39 Å². The fourth-order valence-electron chi connectivity index (χ4n) is 2.08. The molecule has 1 unspecified atom stereocenters. The average molecular weight is 243 g/mol. The van der Waals surface area contributed by atoms with Crippen molar-refractivity contribution in [2.75, 3.05) is 0 Å². The molecule has 1 atom stereocenters. The van der Waals surface area contributed by atoms with Crippen molar-refractivity contribution in [3.63, 3.8) is 0 Å². The molecule has 2 aromatic rings. The smallest absolute Gasteiger partial charge is 0.126 e. The maximum Gasteiger partial charge on any atom is 0.126 e. The van der Waals surface area contributed by atoms with Crippen molar-refractivity contribution in [1.82, 2.24) is 0 Å². The number of rotatable bonds is 5. The van der Waals surface area contributed by atoms with Crippen molar-refractivity contribution in [2.45, 2.75) is 25.3 Å². The maximum atomic E-state index is 13.4. The minimum atomic E-state index is -0.120. The Balaban J connectivity index is 1.84. The lowest BCUT2D eigenvalue weighted by molar-refractivity contribution is 0.577. The molecule has 0 aliphatic heterocycles. The van der Waals surface area contributed by atoms with E-state index in [0.717, 1.165) is 30.4 Å². The maximum absolute atomic E-state index is 13.4. The van der Waals surface area contributed by atoms with Gasteiger partial charge in [-0.2, -0.15) is 0 Å². The van der Waals surface area contributed by atoms with Crippen LogP contribution in [0.2, 0.25) is 0 Å². The molecule has 0 fully saturated rings. The van der Waals surface area contributed by atoms with Gasteiger partial charge >= 0.3 is 0 Å². The first-order valence-corrected chi connectivity index (χ1v) is 6.31. The molecule has 1 nitrogen and oxygen atoms in total. The van der Waals surface area contributed by atoms with Crippen LogP contribution >= 0.6 is 0 Å². The third-order valence-corrected chi connectivity index (χ3v) is 3.15. The van der Waals surface area contributed by atoms with Crippen LogP contribution in [0.5, 0.6) is 0 Å². The highest BCUT2D eigenvalue weighted by Crippen LogP contribution is 2.17. The summed E-state index contributed by atoms with van der Waals surface area (Å²) in [6, 6.07) is 17.0. The molecule has 18 heavy (non-hydrogen) atoms. The van der Waals surface area contributed by atoms with E-state index < -0.39 is 0 Å². The van der Waals surface area contributed by atoms with E-state index in [0.29, 0.717) is 0 Å². The lowest BCUT2D eigenvalue weighted by Crippen LogP contribution is -2.10. The summed E-state index contributed by atoms with van der Waals surface area (Å²) < 4.78 is 13.4. The van der Waals surface area contributed by atoms with Crippen LogP contribution in [0.4, 0.5) is 4.39 Å². The molecule has 2 heteroatoms. The van der Waals surface area contributed by atoms with Crippen LogP contribution in [0.1, 0.15) is 30.0 Å². The van der Waals surface area contributed by atoms with E-state index in [4.69, 9.17) is 5.73 Å². The lowest BCUT2D eigenvalue weighted by atomic mass is 10.00. The van der Waals surface area contributed by atoms with Crippen LogP contribution in [0.25, 0.3) is 0 Å². The Kier molecular flexibility index (Phi) is 4.48. The van der Waals surface area contributed by atoms with Crippen LogP contribution < -0.4 is 5.73 Å². The standard InChI is InChI=1S/C16H18FN/c17-15-11-5-4-7-13(15)10-6-12-16(18)14-8-2-1-3-9-14/h1-5,7-9,11,16H,6,10,12,18H2. The van der Waals surface area contributed by atoms with Crippen LogP contribution in [0, 0.1) is 5.82 Å². The number of halogens is 1. The second-order valence-corrected chi connectivity index (χ2v) is 4.50. The highest BCUT2D eigenvalue weighted by molar-refractivity contribution is 5.19. The van der Waals surface area contributed by atoms with Crippen molar-refractivity contribution in [1.29, 1.82) is 0 Å². The fourth-order valence-corrected chi connectivity index (χ4v) is 2.08. The first-order chi connectivity index (χ1) is 8.77. The van der Waals surface area contributed by atoms with E-state index in [9.17, 15) is 4.39 Å². The highest BCUT2D eigenvalue weighted by atomic mass is 19.1. The molecule has 2 rings (SSSR count). The molecule has 0 aliphatic rings. The monoisotopic (exact) mass is 243 g/mol. The van der Waals surface area contributed by atoms with E-state index in [1.165, 1.54) is 6.07 Å². The fraction of sp³-hybridized carbons (Fsp3) is 0.250. The van der Waals surface area contributed by atoms with Gasteiger partial charge in [-0.15, -0.1) is 0 Å². The van der Waals surface area contributed by atoms with Gasteiger partial charge in [0, 0.05) is 6.04 Å². The van der Waals surface area contributed by atoms with Gasteiger partial charge in [0.25, 0.3) is 0 Å². The molecule has 2 aromatic carbocycles. The Bertz CT molecular complexity index is 481. The van der Waals surface area contributed by atoms with E-state index in [-0.39, 0.29) is 11.9 Å². The summed E-state index contributed by atoms with van der Waals surface area (Å²) >= 11 is 0. The van der Waals surface area contributed by atoms with Gasteiger partial charge in [-0.1, -0.05) is 48.5 Å². The van der Waals surface area contributed by atoms with E-state index in [1.807, 2.05) is 42.5 Å². The van der Waals surface area contributed by atoms with Crippen molar-refractivity contribution in [3.8, 4) is 0 Å². The van der Waals surface area contributed by atoms with Crippen LogP contribution in [-0.4, -0.2) is 0 Å². The third-order valence-electron chi connectivity index (χ3n) is 3.15. The molecule has 0 saturated heterocycles. The first-order valence-electron chi connectivity index (χ1n) is 6.31. The summed E-state index contributed by atoms with van der Waals surface area (Å²) in [5.74, 6) is -0.120. The second kappa shape index (κ2) is 6.31. The first kappa shape index (κ1) is 12.8. The quantitative estimate of drug-likeness (QED) is 0.848. The van der Waals surface area contributed by atoms with Gasteiger partial charge in [-0.3, -0.25) is 0 Å². The van der Waals surface area contributed by atoms with Crippen LogP contribution in [-0.2, 0) is 6.42 Å². The minimum Gasteiger partial charge on any atom is -0.324 e. The number of hydrogen-bond acceptors (Lipinski definition) is 1. The summed E-state index contributed by atoms with van der Waals surface area (Å²) in [5.41, 5.74) is 8.02. The normalized spacial score (nSPS) is 12.3. The molecule has 2 N–H and O–H groups in total. The number of aryl methyl sites for hydroxylation is 1. The van der Waals surface area contributed by atoms with Gasteiger partial charge in [0.05, 0.1) is 0 Å². The summed E-state index contributed by atoms with van der Waals surface area (Å²) in [5, 5.41) is 0. The second-order valence-electron chi connectivity index (χ2n) is 4.50. The van der Waals surface area contributed by atoms with Crippen molar-refractivity contribution >= 4 is 0 Å². The van der Waals surface area contributed by atoms with Gasteiger partial charge in [0.2, 0.25) is 0 Å². The molecular weight excluding hydrogens is 225 g/mol. The van der Waals surface area contributed by atoms with Gasteiger partial charge in [-0.25, -0.2) is 4.39 Å². The van der Waals surface area contributed by atoms with E-state index >= 15 is 0 Å². The molecule has 0 amide bonds. The number of hydrogen-bond donors (Lipinski definition) is 1. The Morgan fingerprint density at radius 3 is 2.33 bits per heavy atom. The zero-order chi connectivity index (χ0) is 12.8. The molecule has 0 spiro atoms. The van der Waals surface area contributed by atoms with Crippen molar-refractivity contribution in [3.05, 3.63) is 71.5 Å². The summed E-state index contributed by atoms with van der Waals surface area (Å²) in [4.78, 5) is 0. The zero-order valence-corrected chi connectivity index (χ0v) is 10.4. The summed E-state index contributed by atoms with van der Waals surface area (Å²) in [7, 11) is 0. The molecule has 0 aromatic heterocycles. The van der Waals surface area contributed by atoms with E-state index in [1.54, 1.807) is 6.07 Å². The van der Waals surface area contributed by atoms with Gasteiger partial charge in [-0.05, 0) is 36.5 Å². The Morgan fingerprint density at radius 1 is 0.944 bits per heavy atom. The molecular formula is C16H18FN. The Hall–Kier alpha value is -1.67. The largest absolute Gasteiger partial charge is 0.324 e. The van der Waals surface area contributed by atoms with Crippen molar-refractivity contribution in [2.24, 2.45) is 5.73 Å². The third kappa shape index (κ3) is 3.41. The van der Waals surface area contributed by atoms with Crippen LogP contribution in [0.3, 0.4) is 0 Å². The lowest BCUT2D eigenvalue weighted by Gasteiger charge is -2.11. The molecule has 94 valence electrons. The Labute approximate surface area is 107 Å². The highest BCUT2D eigenvalue weighted by Gasteiger charge is 2.06. The topological polar surface area (TPSA) is 26.0 Å². The predicted octanol–water partition coefficient (Wildman–Crippen LogP) is 3.85. The SMILES string of the molecule is NC(CCCc1ccccc1F)c1ccccc1. The van der Waals surface area contributed by atoms with E-state index in [2.05, 4.69) is 0 Å². The predicted molar refractivity (Wildman–Crippen MR) is 72.7 cm³/mol. The molecule has 0 radical (unpaired) electrons. The molecule has 0 saturated carbocycles. The molecule has 0 aliphatic carbocycles. The summed E-state index contributed by atoms with van der Waals surface area (Å²) in [6.45, 7) is 0. The average Bonchev–Trinajstić information content (AvgIpc) is 2.42. The molecule has 0 bridgehead atoms. The number of nitrogens with two attached hydrogens (primary N) is 1.